The molecule has 13 heteroatoms. The fourth-order valence-electron chi connectivity index (χ4n) is 5.54. The summed E-state index contributed by atoms with van der Waals surface area (Å²) in [7, 11) is -7.93. The maximum Gasteiger partial charge on any atom is 0.250 e. The van der Waals surface area contributed by atoms with Crippen molar-refractivity contribution in [2.45, 2.75) is 60.2 Å². The lowest BCUT2D eigenvalue weighted by molar-refractivity contribution is -0.123. The Labute approximate surface area is 288 Å². The lowest BCUT2D eigenvalue weighted by Gasteiger charge is -2.31. The number of carbonyl (C=O) groups excluding carboxylic acids is 1. The van der Waals surface area contributed by atoms with Crippen molar-refractivity contribution in [3.05, 3.63) is 114 Å². The van der Waals surface area contributed by atoms with Crippen LogP contribution in [0, 0.1) is 5.92 Å². The highest BCUT2D eigenvalue weighted by atomic mass is 32.2. The molecule has 0 aliphatic heterocycles. The van der Waals surface area contributed by atoms with Gasteiger partial charge in [0.05, 0.1) is 11.5 Å². The molecule has 2 atom stereocenters. The molecule has 48 heavy (non-hydrogen) atoms. The molecular formula is C35H44N4O6S3. The van der Waals surface area contributed by atoms with E-state index in [4.69, 9.17) is 5.73 Å². The molecule has 5 N–H and O–H groups in total. The van der Waals surface area contributed by atoms with Crippen LogP contribution < -0.4 is 15.8 Å². The molecule has 4 rings (SSSR count). The Bertz CT molecular complexity index is 1750. The quantitative estimate of drug-likeness (QED) is 0.0852. The Morgan fingerprint density at radius 2 is 1.46 bits per heavy atom. The van der Waals surface area contributed by atoms with Crippen LogP contribution in [0.5, 0.6) is 0 Å². The molecular weight excluding hydrogens is 669 g/mol. The third kappa shape index (κ3) is 9.74. The van der Waals surface area contributed by atoms with Gasteiger partial charge < -0.3 is 16.2 Å². The predicted molar refractivity (Wildman–Crippen MR) is 190 cm³/mol. The molecule has 0 bridgehead atoms. The van der Waals surface area contributed by atoms with Gasteiger partial charge in [-0.1, -0.05) is 87.0 Å². The van der Waals surface area contributed by atoms with E-state index in [1.165, 1.54) is 34.6 Å². The fourth-order valence-corrected chi connectivity index (χ4v) is 9.57. The van der Waals surface area contributed by atoms with Crippen LogP contribution in [0.1, 0.15) is 50.2 Å². The van der Waals surface area contributed by atoms with E-state index in [9.17, 15) is 26.7 Å². The number of rotatable bonds is 18. The number of thiophene rings is 1. The van der Waals surface area contributed by atoms with E-state index < -0.39 is 44.0 Å². The van der Waals surface area contributed by atoms with E-state index in [0.29, 0.717) is 24.9 Å². The molecule has 0 spiro atoms. The average Bonchev–Trinajstić information content (AvgIpc) is 3.63. The SMILES string of the molecule is CC(C)CN([C@H](CO)CCCCNC(=O)[C@@H](NS(=O)(=O)c1cccs1)C(c1ccccc1)c1ccccc1)S(=O)(=O)c1ccc(N)cc1. The lowest BCUT2D eigenvalue weighted by atomic mass is 9.85. The molecule has 4 aromatic rings. The van der Waals surface area contributed by atoms with Crippen LogP contribution >= 0.6 is 11.3 Å². The predicted octanol–water partition coefficient (Wildman–Crippen LogP) is 4.80. The van der Waals surface area contributed by atoms with Crippen LogP contribution in [0.15, 0.2) is 112 Å². The number of aliphatic hydroxyl groups is 1. The summed E-state index contributed by atoms with van der Waals surface area (Å²) in [5, 5.41) is 14.9. The van der Waals surface area contributed by atoms with Gasteiger partial charge in [0.15, 0.2) is 0 Å². The molecule has 0 unspecified atom stereocenters. The highest BCUT2D eigenvalue weighted by Crippen LogP contribution is 2.30. The zero-order chi connectivity index (χ0) is 34.7. The Hall–Kier alpha value is -3.59. The van der Waals surface area contributed by atoms with Gasteiger partial charge in [-0.15, -0.1) is 11.3 Å². The van der Waals surface area contributed by atoms with Gasteiger partial charge in [0.25, 0.3) is 10.0 Å². The van der Waals surface area contributed by atoms with Gasteiger partial charge in [-0.2, -0.15) is 9.03 Å². The second-order valence-corrected chi connectivity index (χ2v) is 16.8. The molecule has 10 nitrogen and oxygen atoms in total. The van der Waals surface area contributed by atoms with Crippen molar-refractivity contribution in [1.29, 1.82) is 0 Å². The molecule has 3 aromatic carbocycles. The first-order valence-electron chi connectivity index (χ1n) is 15.9. The van der Waals surface area contributed by atoms with Crippen LogP contribution in [0.4, 0.5) is 5.69 Å². The number of sulfonamides is 2. The van der Waals surface area contributed by atoms with Crippen LogP contribution in [0.3, 0.4) is 0 Å². The van der Waals surface area contributed by atoms with Crippen molar-refractivity contribution in [1.82, 2.24) is 14.3 Å². The molecule has 0 saturated carbocycles. The van der Waals surface area contributed by atoms with E-state index in [1.54, 1.807) is 11.4 Å². The molecule has 0 aliphatic carbocycles. The summed E-state index contributed by atoms with van der Waals surface area (Å²) < 4.78 is 58.2. The Morgan fingerprint density at radius 3 is 1.98 bits per heavy atom. The van der Waals surface area contributed by atoms with Gasteiger partial charge in [0, 0.05) is 30.7 Å². The van der Waals surface area contributed by atoms with Gasteiger partial charge in [0.2, 0.25) is 15.9 Å². The Balaban J connectivity index is 1.49. The number of nitrogens with zero attached hydrogens (tertiary/aromatic N) is 1. The number of nitrogens with two attached hydrogens (primary N) is 1. The second kappa shape index (κ2) is 17.2. The van der Waals surface area contributed by atoms with E-state index in [-0.39, 0.29) is 34.7 Å². The van der Waals surface area contributed by atoms with Gasteiger partial charge >= 0.3 is 0 Å². The number of amides is 1. The average molecular weight is 713 g/mol. The number of unbranched alkanes of at least 4 members (excludes halogenated alkanes) is 1. The van der Waals surface area contributed by atoms with E-state index in [0.717, 1.165) is 22.5 Å². The summed E-state index contributed by atoms with van der Waals surface area (Å²) in [6.45, 7) is 3.91. The molecule has 1 heterocycles. The smallest absolute Gasteiger partial charge is 0.250 e. The number of nitrogen functional groups attached to an aromatic ring is 1. The van der Waals surface area contributed by atoms with Gasteiger partial charge in [-0.3, -0.25) is 4.79 Å². The monoisotopic (exact) mass is 712 g/mol. The van der Waals surface area contributed by atoms with Gasteiger partial charge in [-0.25, -0.2) is 16.8 Å². The molecule has 1 amide bonds. The third-order valence-corrected chi connectivity index (χ3v) is 12.7. The van der Waals surface area contributed by atoms with Crippen LogP contribution in [-0.2, 0) is 24.8 Å². The Morgan fingerprint density at radius 1 is 0.854 bits per heavy atom. The molecule has 0 aliphatic rings. The minimum Gasteiger partial charge on any atom is -0.399 e. The summed E-state index contributed by atoms with van der Waals surface area (Å²) in [4.78, 5) is 14.0. The molecule has 0 radical (unpaired) electrons. The normalized spacial score (nSPS) is 13.5. The summed E-state index contributed by atoms with van der Waals surface area (Å²) in [6, 6.07) is 25.9. The van der Waals surface area contributed by atoms with Crippen molar-refractivity contribution >= 4 is 43.0 Å². The molecule has 0 saturated heterocycles. The lowest BCUT2D eigenvalue weighted by Crippen LogP contribution is -2.50. The van der Waals surface area contributed by atoms with E-state index >= 15 is 0 Å². The van der Waals surface area contributed by atoms with Crippen molar-refractivity contribution in [2.75, 3.05) is 25.4 Å². The highest BCUT2D eigenvalue weighted by Gasteiger charge is 2.35. The van der Waals surface area contributed by atoms with Gasteiger partial charge in [0.1, 0.15) is 10.3 Å². The second-order valence-electron chi connectivity index (χ2n) is 12.0. The highest BCUT2D eigenvalue weighted by molar-refractivity contribution is 7.91. The first-order valence-corrected chi connectivity index (χ1v) is 19.7. The van der Waals surface area contributed by atoms with Crippen LogP contribution in [0.25, 0.3) is 0 Å². The topological polar surface area (TPSA) is 159 Å². The van der Waals surface area contributed by atoms with E-state index in [2.05, 4.69) is 10.0 Å². The maximum atomic E-state index is 13.9. The minimum atomic E-state index is -4.02. The number of nitrogens with one attached hydrogen (secondary N) is 2. The summed E-state index contributed by atoms with van der Waals surface area (Å²) in [5.74, 6) is -1.10. The number of benzene rings is 3. The zero-order valence-electron chi connectivity index (χ0n) is 27.1. The number of hydrogen-bond acceptors (Lipinski definition) is 8. The summed E-state index contributed by atoms with van der Waals surface area (Å²) in [6.07, 6.45) is 1.34. The van der Waals surface area contributed by atoms with Crippen molar-refractivity contribution in [3.63, 3.8) is 0 Å². The number of anilines is 1. The third-order valence-electron chi connectivity index (χ3n) is 7.89. The number of aliphatic hydroxyl groups excluding tert-OH is 1. The van der Waals surface area contributed by atoms with Crippen LogP contribution in [-0.4, -0.2) is 63.9 Å². The first-order chi connectivity index (χ1) is 22.9. The standard InChI is InChI=1S/C35H44N4O6S3/c1-26(2)24-39(48(44,45)31-20-18-29(36)19-21-31)30(25-40)16-9-10-22-37-35(41)34(38-47(42,43)32-17-11-23-46-32)33(27-12-5-3-6-13-27)28-14-7-4-8-15-28/h3-8,11-15,17-21,23,26,30,33-34,38,40H,9-10,16,22,24-25,36H2,1-2H3,(H,37,41)/t30-,34-/m0/s1. The zero-order valence-corrected chi connectivity index (χ0v) is 29.6. The van der Waals surface area contributed by atoms with E-state index in [1.807, 2.05) is 74.5 Å². The van der Waals surface area contributed by atoms with Crippen molar-refractivity contribution in [2.24, 2.45) is 5.92 Å². The van der Waals surface area contributed by atoms with Crippen molar-refractivity contribution in [3.8, 4) is 0 Å². The summed E-state index contributed by atoms with van der Waals surface area (Å²) >= 11 is 1.07. The fraction of sp³-hybridized carbons (Fsp3) is 0.343. The Kier molecular flexibility index (Phi) is 13.3. The van der Waals surface area contributed by atoms with Gasteiger partial charge in [-0.05, 0) is 65.6 Å². The largest absolute Gasteiger partial charge is 0.399 e. The maximum absolute atomic E-state index is 13.9. The molecule has 258 valence electrons. The van der Waals surface area contributed by atoms with Crippen LogP contribution in [0.2, 0.25) is 0 Å². The summed E-state index contributed by atoms with van der Waals surface area (Å²) in [5.41, 5.74) is 7.76. The molecule has 0 fully saturated rings. The first kappa shape index (κ1) is 37.2. The molecule has 1 aromatic heterocycles. The number of hydrogen-bond donors (Lipinski definition) is 4. The number of carbonyl (C=O) groups is 1. The van der Waals surface area contributed by atoms with Crippen molar-refractivity contribution < 1.29 is 26.7 Å². The minimum absolute atomic E-state index is 0.0129.